The summed E-state index contributed by atoms with van der Waals surface area (Å²) in [6.07, 6.45) is 6.53. The van der Waals surface area contributed by atoms with Gasteiger partial charge in [0.2, 0.25) is 0 Å². The lowest BCUT2D eigenvalue weighted by Crippen LogP contribution is -2.41. The quantitative estimate of drug-likeness (QED) is 0.697. The molecule has 0 aromatic rings. The molecule has 1 unspecified atom stereocenters. The highest BCUT2D eigenvalue weighted by Crippen LogP contribution is 2.35. The van der Waals surface area contributed by atoms with Crippen molar-refractivity contribution in [2.75, 3.05) is 19.6 Å². The topological polar surface area (TPSA) is 49.5 Å². The summed E-state index contributed by atoms with van der Waals surface area (Å²) in [5.41, 5.74) is 5.44. The first-order chi connectivity index (χ1) is 6.81. The van der Waals surface area contributed by atoms with Crippen LogP contribution in [0.1, 0.15) is 32.1 Å². The number of rotatable bonds is 3. The predicted molar refractivity (Wildman–Crippen MR) is 57.0 cm³/mol. The van der Waals surface area contributed by atoms with Crippen molar-refractivity contribution in [3.8, 4) is 0 Å². The normalized spacial score (nSPS) is 35.6. The van der Waals surface area contributed by atoms with Gasteiger partial charge in [-0.3, -0.25) is 4.90 Å². The molecular formula is C11H22N2O. The molecule has 1 saturated heterocycles. The monoisotopic (exact) mass is 198 g/mol. The smallest absolute Gasteiger partial charge is 0.0789 e. The van der Waals surface area contributed by atoms with Gasteiger partial charge in [0.05, 0.1) is 6.10 Å². The molecule has 2 fully saturated rings. The number of hydrogen-bond acceptors (Lipinski definition) is 3. The number of β-amino-alcohol motifs (C(OH)–C–C–N with tert-alkyl or cyclic N) is 1. The van der Waals surface area contributed by atoms with E-state index in [1.807, 2.05) is 0 Å². The van der Waals surface area contributed by atoms with Crippen LogP contribution in [0, 0.1) is 5.92 Å². The van der Waals surface area contributed by atoms with Crippen LogP contribution in [0.15, 0.2) is 0 Å². The Labute approximate surface area is 86.3 Å². The van der Waals surface area contributed by atoms with Crippen LogP contribution in [0.2, 0.25) is 0 Å². The summed E-state index contributed by atoms with van der Waals surface area (Å²) in [6.45, 7) is 2.36. The van der Waals surface area contributed by atoms with Gasteiger partial charge in [0, 0.05) is 19.1 Å². The number of likely N-dealkylation sites (tertiary alicyclic amines) is 1. The maximum absolute atomic E-state index is 9.54. The zero-order valence-electron chi connectivity index (χ0n) is 8.86. The second-order valence-corrected chi connectivity index (χ2v) is 4.79. The largest absolute Gasteiger partial charge is 0.390 e. The van der Waals surface area contributed by atoms with Crippen molar-refractivity contribution in [1.82, 2.24) is 4.90 Å². The Hall–Kier alpha value is -0.120. The number of aliphatic hydroxyl groups is 1. The van der Waals surface area contributed by atoms with E-state index in [9.17, 15) is 5.11 Å². The molecule has 1 heterocycles. The minimum absolute atomic E-state index is 0.323. The molecule has 1 saturated carbocycles. The second-order valence-electron chi connectivity index (χ2n) is 4.79. The first-order valence-electron chi connectivity index (χ1n) is 5.93. The molecule has 0 aromatic heterocycles. The van der Waals surface area contributed by atoms with Gasteiger partial charge in [0.1, 0.15) is 0 Å². The van der Waals surface area contributed by atoms with E-state index in [2.05, 4.69) is 4.90 Å². The number of nitrogens with two attached hydrogens (primary N) is 1. The van der Waals surface area contributed by atoms with Gasteiger partial charge in [0.25, 0.3) is 0 Å². The molecule has 2 aliphatic rings. The van der Waals surface area contributed by atoms with Crippen LogP contribution >= 0.6 is 0 Å². The van der Waals surface area contributed by atoms with Crippen LogP contribution in [-0.2, 0) is 0 Å². The first-order valence-corrected chi connectivity index (χ1v) is 5.93. The van der Waals surface area contributed by atoms with Crippen molar-refractivity contribution in [2.45, 2.75) is 44.2 Å². The van der Waals surface area contributed by atoms with Crippen molar-refractivity contribution >= 4 is 0 Å². The Morgan fingerprint density at radius 3 is 2.86 bits per heavy atom. The summed E-state index contributed by atoms with van der Waals surface area (Å²) in [6, 6.07) is 0.755. The van der Waals surface area contributed by atoms with Crippen molar-refractivity contribution in [3.63, 3.8) is 0 Å². The Balaban J connectivity index is 1.87. The molecular weight excluding hydrogens is 176 g/mol. The number of fused-ring (bicyclic) bond motifs is 1. The second kappa shape index (κ2) is 4.60. The van der Waals surface area contributed by atoms with Crippen LogP contribution in [0.3, 0.4) is 0 Å². The van der Waals surface area contributed by atoms with E-state index in [0.29, 0.717) is 6.54 Å². The van der Waals surface area contributed by atoms with Crippen molar-refractivity contribution in [1.29, 1.82) is 0 Å². The average Bonchev–Trinajstić information content (AvgIpc) is 2.62. The molecule has 0 spiro atoms. The molecule has 0 aromatic carbocycles. The van der Waals surface area contributed by atoms with Gasteiger partial charge in [-0.25, -0.2) is 0 Å². The highest BCUT2D eigenvalue weighted by atomic mass is 16.3. The molecule has 3 nitrogen and oxygen atoms in total. The van der Waals surface area contributed by atoms with E-state index in [4.69, 9.17) is 5.73 Å². The van der Waals surface area contributed by atoms with E-state index >= 15 is 0 Å². The van der Waals surface area contributed by atoms with Crippen LogP contribution in [-0.4, -0.2) is 41.8 Å². The SMILES string of the molecule is NCC(O)CN1CC[C@@H]2CCCC[C@@H]21. The van der Waals surface area contributed by atoms with E-state index in [1.165, 1.54) is 38.6 Å². The van der Waals surface area contributed by atoms with Gasteiger partial charge in [-0.05, 0) is 31.7 Å². The van der Waals surface area contributed by atoms with E-state index in [1.54, 1.807) is 0 Å². The fraction of sp³-hybridized carbons (Fsp3) is 1.00. The Morgan fingerprint density at radius 1 is 1.29 bits per heavy atom. The number of nitrogens with zero attached hydrogens (tertiary/aromatic N) is 1. The minimum atomic E-state index is -0.323. The molecule has 0 radical (unpaired) electrons. The minimum Gasteiger partial charge on any atom is -0.390 e. The zero-order chi connectivity index (χ0) is 9.97. The molecule has 2 rings (SSSR count). The summed E-state index contributed by atoms with van der Waals surface area (Å²) in [7, 11) is 0. The van der Waals surface area contributed by atoms with Gasteiger partial charge in [-0.1, -0.05) is 12.8 Å². The van der Waals surface area contributed by atoms with Crippen molar-refractivity contribution in [2.24, 2.45) is 11.7 Å². The lowest BCUT2D eigenvalue weighted by Gasteiger charge is -2.32. The first kappa shape index (κ1) is 10.4. The summed E-state index contributed by atoms with van der Waals surface area (Å²) < 4.78 is 0. The maximum atomic E-state index is 9.54. The molecule has 1 aliphatic heterocycles. The molecule has 3 atom stereocenters. The molecule has 14 heavy (non-hydrogen) atoms. The Kier molecular flexibility index (Phi) is 3.42. The molecule has 3 N–H and O–H groups in total. The van der Waals surface area contributed by atoms with Crippen molar-refractivity contribution < 1.29 is 5.11 Å². The molecule has 0 bridgehead atoms. The lowest BCUT2D eigenvalue weighted by molar-refractivity contribution is 0.0941. The number of hydrogen-bond donors (Lipinski definition) is 2. The van der Waals surface area contributed by atoms with E-state index < -0.39 is 0 Å². The molecule has 0 amide bonds. The third-order valence-corrected chi connectivity index (χ3v) is 3.84. The standard InChI is InChI=1S/C11H22N2O/c12-7-10(14)8-13-6-5-9-3-1-2-4-11(9)13/h9-11,14H,1-8,12H2/t9-,10?,11-/m0/s1. The van der Waals surface area contributed by atoms with Gasteiger partial charge in [-0.15, -0.1) is 0 Å². The van der Waals surface area contributed by atoms with Crippen LogP contribution < -0.4 is 5.73 Å². The highest BCUT2D eigenvalue weighted by molar-refractivity contribution is 4.90. The fourth-order valence-electron chi connectivity index (χ4n) is 3.07. The van der Waals surface area contributed by atoms with E-state index in [-0.39, 0.29) is 6.10 Å². The van der Waals surface area contributed by atoms with Gasteiger partial charge in [0.15, 0.2) is 0 Å². The summed E-state index contributed by atoms with van der Waals surface area (Å²) in [4.78, 5) is 2.46. The summed E-state index contributed by atoms with van der Waals surface area (Å²) in [5, 5.41) is 9.54. The average molecular weight is 198 g/mol. The molecule has 82 valence electrons. The van der Waals surface area contributed by atoms with Crippen LogP contribution in [0.4, 0.5) is 0 Å². The summed E-state index contributed by atoms with van der Waals surface area (Å²) >= 11 is 0. The van der Waals surface area contributed by atoms with Gasteiger partial charge < -0.3 is 10.8 Å². The number of aliphatic hydroxyl groups excluding tert-OH is 1. The van der Waals surface area contributed by atoms with Crippen LogP contribution in [0.5, 0.6) is 0 Å². The maximum Gasteiger partial charge on any atom is 0.0789 e. The Morgan fingerprint density at radius 2 is 2.07 bits per heavy atom. The predicted octanol–water partition coefficient (Wildman–Crippen LogP) is 0.570. The zero-order valence-corrected chi connectivity index (χ0v) is 8.86. The van der Waals surface area contributed by atoms with E-state index in [0.717, 1.165) is 18.5 Å². The van der Waals surface area contributed by atoms with Gasteiger partial charge >= 0.3 is 0 Å². The summed E-state index contributed by atoms with van der Waals surface area (Å²) in [5.74, 6) is 0.911. The highest BCUT2D eigenvalue weighted by Gasteiger charge is 2.35. The third-order valence-electron chi connectivity index (χ3n) is 3.84. The Bertz CT molecular complexity index is 186. The van der Waals surface area contributed by atoms with Crippen LogP contribution in [0.25, 0.3) is 0 Å². The third kappa shape index (κ3) is 2.10. The fourth-order valence-corrected chi connectivity index (χ4v) is 3.07. The lowest BCUT2D eigenvalue weighted by atomic mass is 9.85. The van der Waals surface area contributed by atoms with Gasteiger partial charge in [-0.2, -0.15) is 0 Å². The molecule has 1 aliphatic carbocycles. The molecule has 3 heteroatoms. The van der Waals surface area contributed by atoms with Crippen molar-refractivity contribution in [3.05, 3.63) is 0 Å².